The fourth-order valence-corrected chi connectivity index (χ4v) is 3.64. The molecule has 2 aliphatic rings. The molecule has 0 aliphatic heterocycles. The second kappa shape index (κ2) is 4.36. The van der Waals surface area contributed by atoms with Gasteiger partial charge in [0.25, 0.3) is 0 Å². The topological polar surface area (TPSA) is 29.1 Å². The minimum Gasteiger partial charge on any atom is -0.349 e. The van der Waals surface area contributed by atoms with Crippen LogP contribution < -0.4 is 5.32 Å². The minimum absolute atomic E-state index is 0.149. The number of hydrogen-bond donors (Lipinski definition) is 1. The zero-order valence-electron chi connectivity index (χ0n) is 8.93. The summed E-state index contributed by atoms with van der Waals surface area (Å²) in [6.45, 7) is 2.06. The molecule has 86 valence electrons. The SMILES string of the molecule is CC(CBr)(CBr)NC(=O)C1CC2CC2C1. The monoisotopic (exact) mass is 337 g/mol. The van der Waals surface area contributed by atoms with E-state index in [1.165, 1.54) is 6.42 Å². The highest BCUT2D eigenvalue weighted by atomic mass is 79.9. The van der Waals surface area contributed by atoms with Gasteiger partial charge in [-0.3, -0.25) is 4.79 Å². The summed E-state index contributed by atoms with van der Waals surface area (Å²) in [6.07, 6.45) is 3.62. The van der Waals surface area contributed by atoms with Crippen LogP contribution in [-0.4, -0.2) is 22.1 Å². The standard InChI is InChI=1S/C11H17Br2NO/c1-11(5-12,6-13)14-10(15)9-3-7-2-8(7)4-9/h7-9H,2-6H2,1H3,(H,14,15). The van der Waals surface area contributed by atoms with Crippen molar-refractivity contribution >= 4 is 37.8 Å². The highest BCUT2D eigenvalue weighted by Gasteiger charge is 2.48. The molecule has 2 rings (SSSR count). The van der Waals surface area contributed by atoms with Crippen LogP contribution >= 0.6 is 31.9 Å². The second-order valence-electron chi connectivity index (χ2n) is 5.24. The highest BCUT2D eigenvalue weighted by molar-refractivity contribution is 9.09. The van der Waals surface area contributed by atoms with Crippen LogP contribution in [0.4, 0.5) is 0 Å². The molecule has 0 radical (unpaired) electrons. The third-order valence-electron chi connectivity index (χ3n) is 3.63. The molecule has 2 saturated carbocycles. The van der Waals surface area contributed by atoms with E-state index in [9.17, 15) is 4.79 Å². The van der Waals surface area contributed by atoms with Gasteiger partial charge in [-0.2, -0.15) is 0 Å². The zero-order valence-corrected chi connectivity index (χ0v) is 12.1. The number of nitrogens with one attached hydrogen (secondary N) is 1. The molecule has 4 heteroatoms. The average molecular weight is 339 g/mol. The first-order valence-electron chi connectivity index (χ1n) is 5.52. The van der Waals surface area contributed by atoms with Crippen LogP contribution in [0.2, 0.25) is 0 Å². The van der Waals surface area contributed by atoms with Crippen molar-refractivity contribution in [1.82, 2.24) is 5.32 Å². The van der Waals surface area contributed by atoms with Gasteiger partial charge in [0, 0.05) is 16.6 Å². The summed E-state index contributed by atoms with van der Waals surface area (Å²) in [5, 5.41) is 4.72. The molecular weight excluding hydrogens is 322 g/mol. The number of amides is 1. The van der Waals surface area contributed by atoms with E-state index in [-0.39, 0.29) is 17.4 Å². The molecule has 1 N–H and O–H groups in total. The summed E-state index contributed by atoms with van der Waals surface area (Å²) in [5.41, 5.74) is -0.149. The number of hydrogen-bond acceptors (Lipinski definition) is 1. The summed E-state index contributed by atoms with van der Waals surface area (Å²) in [5.74, 6) is 2.29. The van der Waals surface area contributed by atoms with Gasteiger partial charge in [-0.05, 0) is 38.0 Å². The van der Waals surface area contributed by atoms with E-state index in [0.29, 0.717) is 0 Å². The van der Waals surface area contributed by atoms with E-state index in [2.05, 4.69) is 44.1 Å². The number of carbonyl (C=O) groups is 1. The normalized spacial score (nSPS) is 33.7. The number of carbonyl (C=O) groups excluding carboxylic acids is 1. The second-order valence-corrected chi connectivity index (χ2v) is 6.36. The third-order valence-corrected chi connectivity index (χ3v) is 6.10. The molecule has 2 aliphatic carbocycles. The highest BCUT2D eigenvalue weighted by Crippen LogP contribution is 2.54. The first-order chi connectivity index (χ1) is 7.08. The Morgan fingerprint density at radius 2 is 1.80 bits per heavy atom. The lowest BCUT2D eigenvalue weighted by Crippen LogP contribution is -2.50. The molecular formula is C11H17Br2NO. The molecule has 2 unspecified atom stereocenters. The van der Waals surface area contributed by atoms with E-state index in [1.807, 2.05) is 0 Å². The molecule has 2 atom stereocenters. The van der Waals surface area contributed by atoms with Crippen molar-refractivity contribution < 1.29 is 4.79 Å². The van der Waals surface area contributed by atoms with Gasteiger partial charge in [0.1, 0.15) is 0 Å². The molecule has 0 saturated heterocycles. The number of halogens is 2. The van der Waals surface area contributed by atoms with Gasteiger partial charge < -0.3 is 5.32 Å². The van der Waals surface area contributed by atoms with Crippen molar-refractivity contribution in [3.63, 3.8) is 0 Å². The average Bonchev–Trinajstić information content (AvgIpc) is 2.85. The zero-order chi connectivity index (χ0) is 11.1. The summed E-state index contributed by atoms with van der Waals surface area (Å²) in [7, 11) is 0. The van der Waals surface area contributed by atoms with Crippen LogP contribution in [0.3, 0.4) is 0 Å². The van der Waals surface area contributed by atoms with Gasteiger partial charge in [-0.25, -0.2) is 0 Å². The van der Waals surface area contributed by atoms with E-state index < -0.39 is 0 Å². The van der Waals surface area contributed by atoms with Gasteiger partial charge in [0.15, 0.2) is 0 Å². The van der Waals surface area contributed by atoms with Crippen LogP contribution in [0.25, 0.3) is 0 Å². The Labute approximate surface area is 108 Å². The first-order valence-corrected chi connectivity index (χ1v) is 7.76. The Morgan fingerprint density at radius 1 is 1.27 bits per heavy atom. The number of fused-ring (bicyclic) bond motifs is 1. The van der Waals surface area contributed by atoms with Crippen LogP contribution in [0.5, 0.6) is 0 Å². The van der Waals surface area contributed by atoms with Crippen LogP contribution in [0, 0.1) is 17.8 Å². The van der Waals surface area contributed by atoms with E-state index in [0.717, 1.165) is 35.3 Å². The fourth-order valence-electron chi connectivity index (χ4n) is 2.43. The molecule has 0 aromatic heterocycles. The Morgan fingerprint density at radius 3 is 2.27 bits per heavy atom. The maximum Gasteiger partial charge on any atom is 0.223 e. The van der Waals surface area contributed by atoms with E-state index >= 15 is 0 Å². The lowest BCUT2D eigenvalue weighted by Gasteiger charge is -2.28. The van der Waals surface area contributed by atoms with Crippen molar-refractivity contribution in [2.75, 3.05) is 10.7 Å². The molecule has 0 aromatic carbocycles. The minimum atomic E-state index is -0.149. The Kier molecular flexibility index (Phi) is 3.46. The van der Waals surface area contributed by atoms with Gasteiger partial charge >= 0.3 is 0 Å². The lowest BCUT2D eigenvalue weighted by atomic mass is 10.0. The van der Waals surface area contributed by atoms with Gasteiger partial charge in [-0.1, -0.05) is 31.9 Å². The Bertz CT molecular complexity index is 255. The van der Waals surface area contributed by atoms with E-state index in [4.69, 9.17) is 0 Å². The van der Waals surface area contributed by atoms with Crippen LogP contribution in [-0.2, 0) is 4.79 Å². The predicted octanol–water partition coefficient (Wildman–Crippen LogP) is 2.70. The molecule has 2 nitrogen and oxygen atoms in total. The molecule has 1 amide bonds. The summed E-state index contributed by atoms with van der Waals surface area (Å²) < 4.78 is 0. The molecule has 0 bridgehead atoms. The van der Waals surface area contributed by atoms with Crippen molar-refractivity contribution in [2.24, 2.45) is 17.8 Å². The maximum atomic E-state index is 12.0. The molecule has 0 aromatic rings. The summed E-state index contributed by atoms with van der Waals surface area (Å²) in [4.78, 5) is 12.0. The Balaban J connectivity index is 1.86. The summed E-state index contributed by atoms with van der Waals surface area (Å²) in [6, 6.07) is 0. The van der Waals surface area contributed by atoms with Crippen LogP contribution in [0.15, 0.2) is 0 Å². The smallest absolute Gasteiger partial charge is 0.223 e. The molecule has 15 heavy (non-hydrogen) atoms. The molecule has 2 fully saturated rings. The third kappa shape index (κ3) is 2.57. The fraction of sp³-hybridized carbons (Fsp3) is 0.909. The van der Waals surface area contributed by atoms with Gasteiger partial charge in [-0.15, -0.1) is 0 Å². The van der Waals surface area contributed by atoms with Gasteiger partial charge in [0.2, 0.25) is 5.91 Å². The van der Waals surface area contributed by atoms with Crippen molar-refractivity contribution in [3.8, 4) is 0 Å². The van der Waals surface area contributed by atoms with Gasteiger partial charge in [0.05, 0.1) is 5.54 Å². The maximum absolute atomic E-state index is 12.0. The quantitative estimate of drug-likeness (QED) is 0.784. The lowest BCUT2D eigenvalue weighted by molar-refractivity contribution is -0.126. The predicted molar refractivity (Wildman–Crippen MR) is 68.5 cm³/mol. The largest absolute Gasteiger partial charge is 0.349 e. The van der Waals surface area contributed by atoms with Crippen molar-refractivity contribution in [3.05, 3.63) is 0 Å². The van der Waals surface area contributed by atoms with Crippen LogP contribution in [0.1, 0.15) is 26.2 Å². The van der Waals surface area contributed by atoms with Crippen molar-refractivity contribution in [2.45, 2.75) is 31.7 Å². The first kappa shape index (κ1) is 11.9. The van der Waals surface area contributed by atoms with E-state index in [1.54, 1.807) is 0 Å². The summed E-state index contributed by atoms with van der Waals surface area (Å²) >= 11 is 6.89. The Hall–Kier alpha value is 0.430. The number of rotatable bonds is 4. The number of alkyl halides is 2. The molecule has 0 spiro atoms. The molecule has 0 heterocycles. The van der Waals surface area contributed by atoms with Crippen molar-refractivity contribution in [1.29, 1.82) is 0 Å².